The highest BCUT2D eigenvalue weighted by molar-refractivity contribution is 6.90. The van der Waals surface area contributed by atoms with Gasteiger partial charge < -0.3 is 23.7 Å². The molecule has 1 aliphatic rings. The molecule has 0 aromatic heterocycles. The molecule has 1 heterocycles. The quantitative estimate of drug-likeness (QED) is 0.222. The van der Waals surface area contributed by atoms with Crippen LogP contribution in [0.1, 0.15) is 68.7 Å². The van der Waals surface area contributed by atoms with Gasteiger partial charge in [-0.2, -0.15) is 0 Å². The van der Waals surface area contributed by atoms with Crippen molar-refractivity contribution in [3.63, 3.8) is 0 Å². The van der Waals surface area contributed by atoms with Crippen molar-refractivity contribution in [2.24, 2.45) is 0 Å². The Morgan fingerprint density at radius 2 is 1.21 bits per heavy atom. The van der Waals surface area contributed by atoms with E-state index >= 15 is 0 Å². The van der Waals surface area contributed by atoms with Crippen LogP contribution in [0.25, 0.3) is 0 Å². The average molecular weight is 485 g/mol. The van der Waals surface area contributed by atoms with E-state index in [9.17, 15) is 14.4 Å². The van der Waals surface area contributed by atoms with Crippen molar-refractivity contribution in [3.05, 3.63) is 0 Å². The molecular formula is C24H40O8Si. The second-order valence-corrected chi connectivity index (χ2v) is 15.0. The van der Waals surface area contributed by atoms with Gasteiger partial charge in [-0.25, -0.2) is 0 Å². The lowest BCUT2D eigenvalue weighted by atomic mass is 9.96. The van der Waals surface area contributed by atoms with E-state index in [1.807, 2.05) is 0 Å². The molecule has 0 radical (unpaired) electrons. The molecular weight excluding hydrogens is 444 g/mol. The number of hydrogen-bond acceptors (Lipinski definition) is 8. The van der Waals surface area contributed by atoms with Crippen LogP contribution in [0.15, 0.2) is 0 Å². The van der Waals surface area contributed by atoms with Gasteiger partial charge in [-0.15, -0.1) is 11.5 Å². The second kappa shape index (κ2) is 12.5. The Hall–Kier alpha value is -1.89. The summed E-state index contributed by atoms with van der Waals surface area (Å²) in [7, 11) is -0.582. The van der Waals surface area contributed by atoms with Crippen LogP contribution in [0.5, 0.6) is 0 Å². The largest absolute Gasteiger partial charge is 0.456 e. The fourth-order valence-electron chi connectivity index (χ4n) is 4.95. The van der Waals surface area contributed by atoms with Gasteiger partial charge in [0.25, 0.3) is 0 Å². The third-order valence-corrected chi connectivity index (χ3v) is 12.5. The zero-order valence-corrected chi connectivity index (χ0v) is 22.6. The molecule has 0 aromatic rings. The number of carbonyl (C=O) groups excluding carboxylic acids is 3. The summed E-state index contributed by atoms with van der Waals surface area (Å²) in [6.07, 6.45) is -4.71. The van der Waals surface area contributed by atoms with Crippen LogP contribution in [-0.2, 0) is 38.1 Å². The van der Waals surface area contributed by atoms with Crippen molar-refractivity contribution in [3.8, 4) is 11.5 Å². The van der Waals surface area contributed by atoms with Crippen LogP contribution < -0.4 is 0 Å². The average Bonchev–Trinajstić information content (AvgIpc) is 2.66. The standard InChI is InChI=1S/C24H40O8Si/c1-14(2)33(15(3)4,16(5)6)13-11-12-20-21(29-17(7)25)22(30-18(8)26)23(31-19(9)27)24(28-10)32-20/h14-16,20-24H,12H2,1-10H3/t20-,21-,22+,23-,24+/m1/s1. The molecule has 0 bridgehead atoms. The molecule has 1 aliphatic heterocycles. The lowest BCUT2D eigenvalue weighted by Gasteiger charge is -2.43. The molecule has 1 rings (SSSR count). The molecule has 188 valence electrons. The summed E-state index contributed by atoms with van der Waals surface area (Å²) < 4.78 is 27.7. The minimum atomic E-state index is -1.98. The lowest BCUT2D eigenvalue weighted by molar-refractivity contribution is -0.297. The highest BCUT2D eigenvalue weighted by atomic mass is 28.3. The molecule has 8 nitrogen and oxygen atoms in total. The molecule has 0 amide bonds. The Morgan fingerprint density at radius 3 is 1.61 bits per heavy atom. The van der Waals surface area contributed by atoms with Crippen molar-refractivity contribution in [2.75, 3.05) is 7.11 Å². The highest BCUT2D eigenvalue weighted by Gasteiger charge is 2.52. The smallest absolute Gasteiger partial charge is 0.303 e. The summed E-state index contributed by atoms with van der Waals surface area (Å²) in [6, 6.07) is 0. The molecule has 9 heteroatoms. The Morgan fingerprint density at radius 1 is 0.788 bits per heavy atom. The first kappa shape index (κ1) is 29.1. The van der Waals surface area contributed by atoms with E-state index in [2.05, 4.69) is 53.0 Å². The van der Waals surface area contributed by atoms with Gasteiger partial charge in [0.15, 0.2) is 24.6 Å². The first-order valence-corrected chi connectivity index (χ1v) is 13.7. The van der Waals surface area contributed by atoms with Crippen LogP contribution in [0.4, 0.5) is 0 Å². The van der Waals surface area contributed by atoms with Gasteiger partial charge in [-0.05, 0) is 16.6 Å². The van der Waals surface area contributed by atoms with Crippen molar-refractivity contribution < 1.29 is 38.1 Å². The maximum absolute atomic E-state index is 11.9. The van der Waals surface area contributed by atoms with Crippen LogP contribution in [0, 0.1) is 11.5 Å². The summed E-state index contributed by atoms with van der Waals surface area (Å²) in [4.78, 5) is 35.4. The van der Waals surface area contributed by atoms with Crippen LogP contribution in [-0.4, -0.2) is 63.8 Å². The van der Waals surface area contributed by atoms with E-state index in [0.717, 1.165) is 0 Å². The predicted molar refractivity (Wildman–Crippen MR) is 126 cm³/mol. The van der Waals surface area contributed by atoms with Gasteiger partial charge in [0.2, 0.25) is 0 Å². The molecule has 1 fully saturated rings. The molecule has 0 N–H and O–H groups in total. The summed E-state index contributed by atoms with van der Waals surface area (Å²) in [5, 5.41) is 0. The summed E-state index contributed by atoms with van der Waals surface area (Å²) in [6.45, 7) is 17.1. The molecule has 0 aliphatic carbocycles. The fraction of sp³-hybridized carbons (Fsp3) is 0.792. The van der Waals surface area contributed by atoms with Gasteiger partial charge in [0.1, 0.15) is 14.2 Å². The lowest BCUT2D eigenvalue weighted by Crippen LogP contribution is -2.61. The monoisotopic (exact) mass is 484 g/mol. The first-order chi connectivity index (χ1) is 15.3. The number of hydrogen-bond donors (Lipinski definition) is 0. The number of methoxy groups -OCH3 is 1. The maximum atomic E-state index is 11.9. The van der Waals surface area contributed by atoms with Gasteiger partial charge >= 0.3 is 17.9 Å². The Balaban J connectivity index is 3.40. The van der Waals surface area contributed by atoms with E-state index in [-0.39, 0.29) is 6.42 Å². The molecule has 33 heavy (non-hydrogen) atoms. The minimum absolute atomic E-state index is 0.239. The number of esters is 3. The molecule has 0 aromatic carbocycles. The van der Waals surface area contributed by atoms with Crippen molar-refractivity contribution in [1.29, 1.82) is 0 Å². The van der Waals surface area contributed by atoms with Gasteiger partial charge in [-0.1, -0.05) is 41.5 Å². The zero-order valence-electron chi connectivity index (χ0n) is 21.6. The van der Waals surface area contributed by atoms with Crippen molar-refractivity contribution >= 4 is 26.0 Å². The van der Waals surface area contributed by atoms with Gasteiger partial charge in [0, 0.05) is 34.3 Å². The Bertz CT molecular complexity index is 730. The Labute approximate surface area is 199 Å². The van der Waals surface area contributed by atoms with Crippen molar-refractivity contribution in [1.82, 2.24) is 0 Å². The van der Waals surface area contributed by atoms with E-state index < -0.39 is 56.7 Å². The Kier molecular flexibility index (Phi) is 11.1. The zero-order chi connectivity index (χ0) is 25.5. The highest BCUT2D eigenvalue weighted by Crippen LogP contribution is 2.41. The van der Waals surface area contributed by atoms with E-state index in [4.69, 9.17) is 23.7 Å². The summed E-state index contributed by atoms with van der Waals surface area (Å²) in [5.41, 5.74) is 4.98. The first-order valence-electron chi connectivity index (χ1n) is 11.5. The van der Waals surface area contributed by atoms with Crippen LogP contribution in [0.2, 0.25) is 16.6 Å². The van der Waals surface area contributed by atoms with E-state index in [1.165, 1.54) is 27.9 Å². The second-order valence-electron chi connectivity index (χ2n) is 9.40. The van der Waals surface area contributed by atoms with Gasteiger partial charge in [-0.3, -0.25) is 14.4 Å². The SMILES string of the molecule is CO[C@H]1O[C@H](CC#C[Si](C(C)C)(C(C)C)C(C)C)[C@@H](OC(C)=O)[C@H](OC(C)=O)[C@H]1OC(C)=O. The topological polar surface area (TPSA) is 97.4 Å². The normalized spacial score (nSPS) is 25.4. The molecule has 0 saturated carbocycles. The molecule has 0 unspecified atom stereocenters. The minimum Gasteiger partial charge on any atom is -0.456 e. The van der Waals surface area contributed by atoms with Gasteiger partial charge in [0.05, 0.1) is 0 Å². The fourth-order valence-corrected chi connectivity index (χ4v) is 10.2. The molecule has 1 saturated heterocycles. The third kappa shape index (κ3) is 7.29. The molecule has 0 spiro atoms. The summed E-state index contributed by atoms with van der Waals surface area (Å²) >= 11 is 0. The van der Waals surface area contributed by atoms with E-state index in [0.29, 0.717) is 16.6 Å². The number of rotatable bonds is 8. The maximum Gasteiger partial charge on any atom is 0.303 e. The van der Waals surface area contributed by atoms with Crippen LogP contribution in [0.3, 0.4) is 0 Å². The van der Waals surface area contributed by atoms with Crippen molar-refractivity contribution in [2.45, 2.75) is 116 Å². The van der Waals surface area contributed by atoms with Crippen LogP contribution >= 0.6 is 0 Å². The summed E-state index contributed by atoms with van der Waals surface area (Å²) in [5.74, 6) is 1.51. The third-order valence-electron chi connectivity index (χ3n) is 6.20. The molecule has 5 atom stereocenters. The number of ether oxygens (including phenoxy) is 5. The van der Waals surface area contributed by atoms with E-state index in [1.54, 1.807) is 0 Å². The number of carbonyl (C=O) groups is 3. The predicted octanol–water partition coefficient (Wildman–Crippen LogP) is 3.76.